The Morgan fingerprint density at radius 3 is 2.00 bits per heavy atom. The van der Waals surface area contributed by atoms with Crippen LogP contribution >= 0.6 is 0 Å². The molecule has 1 aliphatic rings. The molecule has 22 heavy (non-hydrogen) atoms. The van der Waals surface area contributed by atoms with Gasteiger partial charge in [0.2, 0.25) is 5.91 Å². The number of hydrazine groups is 1. The van der Waals surface area contributed by atoms with Gasteiger partial charge in [-0.15, -0.1) is 0 Å². The van der Waals surface area contributed by atoms with E-state index in [0.717, 1.165) is 10.6 Å². The largest absolute Gasteiger partial charge is 0.409 e. The van der Waals surface area contributed by atoms with E-state index >= 15 is 0 Å². The fourth-order valence-corrected chi connectivity index (χ4v) is 2.58. The molecular formula is C16H21F3N2O. The Kier molecular flexibility index (Phi) is 4.26. The van der Waals surface area contributed by atoms with E-state index in [9.17, 15) is 18.0 Å². The minimum atomic E-state index is -4.47. The minimum Gasteiger partial charge on any atom is -0.287 e. The molecule has 0 aliphatic carbocycles. The summed E-state index contributed by atoms with van der Waals surface area (Å²) < 4.78 is 40.5. The van der Waals surface area contributed by atoms with Crippen molar-refractivity contribution in [3.8, 4) is 0 Å². The average Bonchev–Trinajstić information content (AvgIpc) is 2.62. The Hall–Kier alpha value is -1.56. The van der Waals surface area contributed by atoms with Crippen molar-refractivity contribution >= 4 is 5.91 Å². The van der Waals surface area contributed by atoms with Crippen molar-refractivity contribution in [3.05, 3.63) is 35.4 Å². The first-order valence-corrected chi connectivity index (χ1v) is 7.26. The Morgan fingerprint density at radius 2 is 1.64 bits per heavy atom. The highest BCUT2D eigenvalue weighted by atomic mass is 19.4. The van der Waals surface area contributed by atoms with Crippen LogP contribution in [0.3, 0.4) is 0 Å². The van der Waals surface area contributed by atoms with Crippen LogP contribution in [0.2, 0.25) is 0 Å². The summed E-state index contributed by atoms with van der Waals surface area (Å²) in [5.41, 5.74) is 2.65. The van der Waals surface area contributed by atoms with Crippen LogP contribution in [0.15, 0.2) is 24.3 Å². The fraction of sp³-hybridized carbons (Fsp3) is 0.562. The van der Waals surface area contributed by atoms with E-state index in [2.05, 4.69) is 5.43 Å². The maximum Gasteiger partial charge on any atom is 0.409 e. The maximum atomic E-state index is 13.5. The number of benzene rings is 1. The second kappa shape index (κ2) is 5.57. The van der Waals surface area contributed by atoms with Crippen molar-refractivity contribution in [1.29, 1.82) is 0 Å². The number of nitrogens with zero attached hydrogens (tertiary/aromatic N) is 1. The number of hydrogen-bond donors (Lipinski definition) is 1. The van der Waals surface area contributed by atoms with Gasteiger partial charge in [-0.25, -0.2) is 5.01 Å². The smallest absolute Gasteiger partial charge is 0.287 e. The zero-order valence-electron chi connectivity index (χ0n) is 13.2. The third-order valence-corrected chi connectivity index (χ3v) is 3.97. The van der Waals surface area contributed by atoms with Gasteiger partial charge in [-0.2, -0.15) is 13.2 Å². The molecule has 1 aromatic carbocycles. The second-order valence-electron chi connectivity index (χ2n) is 6.72. The number of rotatable bonds is 3. The topological polar surface area (TPSA) is 32.3 Å². The summed E-state index contributed by atoms with van der Waals surface area (Å²) in [5, 5.41) is 0.993. The lowest BCUT2D eigenvalue weighted by atomic mass is 9.93. The first-order chi connectivity index (χ1) is 10.0. The second-order valence-corrected chi connectivity index (χ2v) is 6.72. The molecule has 1 saturated heterocycles. The lowest BCUT2D eigenvalue weighted by Gasteiger charge is -2.30. The van der Waals surface area contributed by atoms with Gasteiger partial charge in [-0.3, -0.25) is 10.2 Å². The summed E-state index contributed by atoms with van der Waals surface area (Å²) >= 11 is 0. The van der Waals surface area contributed by atoms with Crippen molar-refractivity contribution in [3.63, 3.8) is 0 Å². The molecule has 1 aromatic rings. The molecular weight excluding hydrogens is 293 g/mol. The molecule has 0 spiro atoms. The van der Waals surface area contributed by atoms with Crippen LogP contribution in [-0.2, 0) is 4.79 Å². The van der Waals surface area contributed by atoms with Crippen LogP contribution in [0, 0.1) is 5.41 Å². The highest BCUT2D eigenvalue weighted by Crippen LogP contribution is 2.40. The van der Waals surface area contributed by atoms with E-state index < -0.39 is 17.6 Å². The molecule has 122 valence electrons. The maximum absolute atomic E-state index is 13.5. The van der Waals surface area contributed by atoms with Gasteiger partial charge in [0.25, 0.3) is 0 Å². The van der Waals surface area contributed by atoms with Crippen molar-refractivity contribution in [2.24, 2.45) is 5.41 Å². The van der Waals surface area contributed by atoms with E-state index in [-0.39, 0.29) is 23.9 Å². The van der Waals surface area contributed by atoms with Crippen LogP contribution in [0.1, 0.15) is 50.8 Å². The average molecular weight is 314 g/mol. The van der Waals surface area contributed by atoms with Gasteiger partial charge >= 0.3 is 6.18 Å². The number of nitrogens with one attached hydrogen (secondary N) is 1. The van der Waals surface area contributed by atoms with Crippen LogP contribution in [-0.4, -0.2) is 23.6 Å². The lowest BCUT2D eigenvalue weighted by molar-refractivity contribution is -0.191. The molecule has 1 atom stereocenters. The van der Waals surface area contributed by atoms with Crippen molar-refractivity contribution in [1.82, 2.24) is 10.4 Å². The van der Waals surface area contributed by atoms with Gasteiger partial charge in [0.05, 0.1) is 5.41 Å². The summed E-state index contributed by atoms with van der Waals surface area (Å²) in [6.07, 6.45) is -4.47. The molecule has 1 fully saturated rings. The highest BCUT2D eigenvalue weighted by molar-refractivity contribution is 5.83. The molecule has 0 aromatic heterocycles. The number of halogens is 3. The molecule has 1 aliphatic heterocycles. The summed E-state index contributed by atoms with van der Waals surface area (Å²) in [6, 6.07) is 4.57. The summed E-state index contributed by atoms with van der Waals surface area (Å²) in [5.74, 6) is -0.135. The summed E-state index contributed by atoms with van der Waals surface area (Å²) in [4.78, 5) is 11.8. The van der Waals surface area contributed by atoms with E-state index in [1.54, 1.807) is 26.0 Å². The number of amides is 1. The molecule has 1 unspecified atom stereocenters. The number of alkyl halides is 3. The van der Waals surface area contributed by atoms with Crippen LogP contribution in [0.4, 0.5) is 13.2 Å². The van der Waals surface area contributed by atoms with Crippen molar-refractivity contribution in [2.75, 3.05) is 6.54 Å². The lowest BCUT2D eigenvalue weighted by Crippen LogP contribution is -2.43. The Labute approximate surface area is 128 Å². The SMILES string of the molecule is CC(C)c1ccc(C(N2CC(C)(C)C(=O)N2)C(F)(F)F)cc1. The van der Waals surface area contributed by atoms with Gasteiger partial charge in [0.15, 0.2) is 0 Å². The van der Waals surface area contributed by atoms with E-state index in [0.29, 0.717) is 0 Å². The molecule has 1 heterocycles. The number of carbonyl (C=O) groups excluding carboxylic acids is 1. The quantitative estimate of drug-likeness (QED) is 0.920. The van der Waals surface area contributed by atoms with Gasteiger partial charge in [0, 0.05) is 6.54 Å². The minimum absolute atomic E-state index is 0.0158. The van der Waals surface area contributed by atoms with Crippen LogP contribution in [0.25, 0.3) is 0 Å². The van der Waals surface area contributed by atoms with E-state index in [4.69, 9.17) is 0 Å². The Morgan fingerprint density at radius 1 is 1.14 bits per heavy atom. The number of hydrogen-bond acceptors (Lipinski definition) is 2. The number of carbonyl (C=O) groups is 1. The van der Waals surface area contributed by atoms with Crippen LogP contribution in [0.5, 0.6) is 0 Å². The standard InChI is InChI=1S/C16H21F3N2O/c1-10(2)11-5-7-12(8-6-11)13(16(17,18)19)21-9-15(3,4)14(22)20-21/h5-8,10,13H,9H2,1-4H3,(H,20,22). The van der Waals surface area contributed by atoms with Gasteiger partial charge in [-0.05, 0) is 30.9 Å². The monoisotopic (exact) mass is 314 g/mol. The molecule has 2 rings (SSSR count). The third kappa shape index (κ3) is 3.27. The van der Waals surface area contributed by atoms with Crippen molar-refractivity contribution < 1.29 is 18.0 Å². The van der Waals surface area contributed by atoms with E-state index in [1.807, 2.05) is 13.8 Å². The molecule has 6 heteroatoms. The zero-order chi connectivity index (χ0) is 16.7. The zero-order valence-corrected chi connectivity index (χ0v) is 13.2. The fourth-order valence-electron chi connectivity index (χ4n) is 2.58. The first-order valence-electron chi connectivity index (χ1n) is 7.26. The predicted molar refractivity (Wildman–Crippen MR) is 78.0 cm³/mol. The predicted octanol–water partition coefficient (Wildman–Crippen LogP) is 3.79. The normalized spacial score (nSPS) is 20.3. The Balaban J connectivity index is 2.34. The van der Waals surface area contributed by atoms with Gasteiger partial charge in [0.1, 0.15) is 6.04 Å². The summed E-state index contributed by atoms with van der Waals surface area (Å²) in [7, 11) is 0. The Bertz CT molecular complexity index is 550. The molecule has 0 saturated carbocycles. The van der Waals surface area contributed by atoms with Crippen molar-refractivity contribution in [2.45, 2.75) is 45.8 Å². The van der Waals surface area contributed by atoms with Gasteiger partial charge < -0.3 is 0 Å². The molecule has 1 amide bonds. The highest BCUT2D eigenvalue weighted by Gasteiger charge is 2.51. The summed E-state index contributed by atoms with van der Waals surface area (Å²) in [6.45, 7) is 7.26. The van der Waals surface area contributed by atoms with E-state index in [1.165, 1.54) is 12.1 Å². The molecule has 1 N–H and O–H groups in total. The molecule has 3 nitrogen and oxygen atoms in total. The first kappa shape index (κ1) is 16.8. The third-order valence-electron chi connectivity index (χ3n) is 3.97. The molecule has 0 bridgehead atoms. The van der Waals surface area contributed by atoms with Crippen LogP contribution < -0.4 is 5.43 Å². The molecule has 0 radical (unpaired) electrons. The van der Waals surface area contributed by atoms with Gasteiger partial charge in [-0.1, -0.05) is 38.1 Å².